The summed E-state index contributed by atoms with van der Waals surface area (Å²) in [5, 5.41) is 17.4. The van der Waals surface area contributed by atoms with Crippen molar-refractivity contribution in [1.82, 2.24) is 20.2 Å². The first-order chi connectivity index (χ1) is 21.4. The van der Waals surface area contributed by atoms with Gasteiger partial charge in [-0.2, -0.15) is 0 Å². The number of aryl methyl sites for hydroxylation is 1. The molecule has 4 aromatic rings. The fourth-order valence-electron chi connectivity index (χ4n) is 4.98. The molecule has 0 radical (unpaired) electrons. The molecule has 2 heterocycles. The molecule has 0 saturated heterocycles. The average molecular weight is 629 g/mol. The second-order valence-electron chi connectivity index (χ2n) is 12.1. The smallest absolute Gasteiger partial charge is 0.254 e. The molecule has 2 aromatic heterocycles. The van der Waals surface area contributed by atoms with Crippen LogP contribution < -0.4 is 15.1 Å². The summed E-state index contributed by atoms with van der Waals surface area (Å²) < 4.78 is 0. The van der Waals surface area contributed by atoms with Gasteiger partial charge in [0.25, 0.3) is 11.8 Å². The Balaban J connectivity index is 1.57. The second kappa shape index (κ2) is 15.1. The SMILES string of the molecule is Cc1csc(CN(C)C(=O)c2cc(C(=O)N[C@@H](Cc3ccccc3)[C@H](O)CN(C)c3cncc(C(C)C)c3)cc(N(C)C)c2)n1. The van der Waals surface area contributed by atoms with Gasteiger partial charge in [0.2, 0.25) is 0 Å². The zero-order valence-electron chi connectivity index (χ0n) is 27.2. The van der Waals surface area contributed by atoms with E-state index in [-0.39, 0.29) is 18.4 Å². The number of nitrogens with one attached hydrogen (secondary N) is 1. The van der Waals surface area contributed by atoms with E-state index < -0.39 is 12.1 Å². The van der Waals surface area contributed by atoms with E-state index in [9.17, 15) is 14.7 Å². The maximum Gasteiger partial charge on any atom is 0.254 e. The van der Waals surface area contributed by atoms with E-state index in [4.69, 9.17) is 0 Å². The van der Waals surface area contributed by atoms with Gasteiger partial charge in [-0.15, -0.1) is 11.3 Å². The Morgan fingerprint density at radius 1 is 0.956 bits per heavy atom. The minimum atomic E-state index is -0.895. The van der Waals surface area contributed by atoms with Gasteiger partial charge in [-0.3, -0.25) is 14.6 Å². The predicted molar refractivity (Wildman–Crippen MR) is 182 cm³/mol. The van der Waals surface area contributed by atoms with Crippen LogP contribution >= 0.6 is 11.3 Å². The molecule has 0 aliphatic carbocycles. The van der Waals surface area contributed by atoms with Crippen molar-refractivity contribution in [3.8, 4) is 0 Å². The normalized spacial score (nSPS) is 12.5. The lowest BCUT2D eigenvalue weighted by Gasteiger charge is -2.29. The summed E-state index contributed by atoms with van der Waals surface area (Å²) in [6.07, 6.45) is 3.17. The van der Waals surface area contributed by atoms with Crippen LogP contribution in [0.2, 0.25) is 0 Å². The molecular weight excluding hydrogens is 584 g/mol. The number of aromatic nitrogens is 2. The summed E-state index contributed by atoms with van der Waals surface area (Å²) in [6, 6.07) is 16.4. The molecule has 0 aliphatic rings. The van der Waals surface area contributed by atoms with Crippen LogP contribution in [0.4, 0.5) is 11.4 Å². The van der Waals surface area contributed by atoms with Crippen LogP contribution in [0.3, 0.4) is 0 Å². The van der Waals surface area contributed by atoms with E-state index in [1.54, 1.807) is 36.3 Å². The van der Waals surface area contributed by atoms with Crippen molar-refractivity contribution in [2.24, 2.45) is 0 Å². The molecule has 0 bridgehead atoms. The van der Waals surface area contributed by atoms with Crippen LogP contribution in [0.15, 0.2) is 72.4 Å². The highest BCUT2D eigenvalue weighted by Crippen LogP contribution is 2.22. The van der Waals surface area contributed by atoms with E-state index in [2.05, 4.69) is 35.2 Å². The summed E-state index contributed by atoms with van der Waals surface area (Å²) in [6.45, 7) is 6.81. The molecule has 0 fully saturated rings. The number of nitrogens with zero attached hydrogens (tertiary/aromatic N) is 5. The van der Waals surface area contributed by atoms with E-state index in [0.717, 1.165) is 33.2 Å². The molecule has 2 aromatic carbocycles. The Bertz CT molecular complexity index is 1590. The van der Waals surface area contributed by atoms with Crippen LogP contribution in [0.25, 0.3) is 0 Å². The molecule has 4 rings (SSSR count). The molecular formula is C35H44N6O3S. The molecule has 238 valence electrons. The monoisotopic (exact) mass is 628 g/mol. The summed E-state index contributed by atoms with van der Waals surface area (Å²) >= 11 is 1.51. The fraction of sp³-hybridized carbons (Fsp3) is 0.371. The minimum absolute atomic E-state index is 0.208. The van der Waals surface area contributed by atoms with Crippen molar-refractivity contribution in [3.63, 3.8) is 0 Å². The van der Waals surface area contributed by atoms with Crippen molar-refractivity contribution >= 4 is 34.5 Å². The zero-order valence-corrected chi connectivity index (χ0v) is 28.0. The fourth-order valence-corrected chi connectivity index (χ4v) is 5.80. The van der Waals surface area contributed by atoms with Gasteiger partial charge in [0, 0.05) is 68.8 Å². The van der Waals surface area contributed by atoms with Gasteiger partial charge in [0.05, 0.1) is 30.6 Å². The minimum Gasteiger partial charge on any atom is -0.389 e. The molecule has 0 saturated carbocycles. The quantitative estimate of drug-likeness (QED) is 0.211. The summed E-state index contributed by atoms with van der Waals surface area (Å²) in [5.41, 5.74) is 5.39. The van der Waals surface area contributed by atoms with Crippen molar-refractivity contribution in [2.45, 2.75) is 51.8 Å². The maximum atomic E-state index is 13.8. The van der Waals surface area contributed by atoms with Crippen LogP contribution in [0.1, 0.15) is 62.3 Å². The predicted octanol–water partition coefficient (Wildman–Crippen LogP) is 5.15. The summed E-state index contributed by atoms with van der Waals surface area (Å²) in [4.78, 5) is 41.6. The second-order valence-corrected chi connectivity index (χ2v) is 13.0. The van der Waals surface area contributed by atoms with Crippen LogP contribution in [-0.2, 0) is 13.0 Å². The van der Waals surface area contributed by atoms with Gasteiger partial charge in [0.15, 0.2) is 0 Å². The number of benzene rings is 2. The van der Waals surface area contributed by atoms with Crippen LogP contribution in [-0.4, -0.2) is 78.7 Å². The largest absolute Gasteiger partial charge is 0.389 e. The van der Waals surface area contributed by atoms with Gasteiger partial charge >= 0.3 is 0 Å². The molecule has 2 amide bonds. The average Bonchev–Trinajstić information content (AvgIpc) is 3.44. The molecule has 45 heavy (non-hydrogen) atoms. The molecule has 0 aliphatic heterocycles. The topological polar surface area (TPSA) is 102 Å². The Morgan fingerprint density at radius 3 is 2.31 bits per heavy atom. The number of rotatable bonds is 13. The standard InChI is InChI=1S/C35H44N6O3S/c1-23(2)28-17-30(19-36-18-28)40(6)20-32(42)31(13-25-11-9-8-10-12-25)38-34(43)26-14-27(16-29(15-26)39(4)5)35(44)41(7)21-33-37-24(3)22-45-33/h8-12,14-19,22-23,31-32,42H,13,20-21H2,1-7H3,(H,38,43)/t31-,32+/m0/s1. The molecule has 0 unspecified atom stereocenters. The summed E-state index contributed by atoms with van der Waals surface area (Å²) in [7, 11) is 7.38. The van der Waals surface area contributed by atoms with Gasteiger partial charge in [-0.05, 0) is 54.7 Å². The third kappa shape index (κ3) is 9.12. The highest BCUT2D eigenvalue weighted by Gasteiger charge is 2.26. The lowest BCUT2D eigenvalue weighted by molar-refractivity contribution is 0.0785. The molecule has 10 heteroatoms. The lowest BCUT2D eigenvalue weighted by Crippen LogP contribution is -2.49. The summed E-state index contributed by atoms with van der Waals surface area (Å²) in [5.74, 6) is -0.246. The Labute approximate surface area is 270 Å². The number of hydrogen-bond acceptors (Lipinski definition) is 8. The third-order valence-corrected chi connectivity index (χ3v) is 8.67. The number of hydrogen-bond donors (Lipinski definition) is 2. The first-order valence-electron chi connectivity index (χ1n) is 15.1. The Morgan fingerprint density at radius 2 is 1.67 bits per heavy atom. The van der Waals surface area contributed by atoms with E-state index >= 15 is 0 Å². The number of aliphatic hydroxyl groups excluding tert-OH is 1. The number of pyridine rings is 1. The molecule has 0 spiro atoms. The number of likely N-dealkylation sites (N-methyl/N-ethyl adjacent to an activating group) is 1. The Kier molecular flexibility index (Phi) is 11.3. The number of anilines is 2. The number of carbonyl (C=O) groups excluding carboxylic acids is 2. The van der Waals surface area contributed by atoms with E-state index in [0.29, 0.717) is 30.0 Å². The van der Waals surface area contributed by atoms with Gasteiger partial charge < -0.3 is 25.1 Å². The highest BCUT2D eigenvalue weighted by molar-refractivity contribution is 7.09. The van der Waals surface area contributed by atoms with E-state index in [1.165, 1.54) is 11.3 Å². The van der Waals surface area contributed by atoms with Gasteiger partial charge in [-0.25, -0.2) is 4.98 Å². The zero-order chi connectivity index (χ0) is 32.7. The number of aliphatic hydroxyl groups is 1. The van der Waals surface area contributed by atoms with Crippen molar-refractivity contribution in [1.29, 1.82) is 0 Å². The molecule has 2 atom stereocenters. The lowest BCUT2D eigenvalue weighted by atomic mass is 9.99. The van der Waals surface area contributed by atoms with Crippen molar-refractivity contribution < 1.29 is 14.7 Å². The van der Waals surface area contributed by atoms with Crippen molar-refractivity contribution in [3.05, 3.63) is 105 Å². The van der Waals surface area contributed by atoms with E-state index in [1.807, 2.05) is 79.8 Å². The molecule has 9 nitrogen and oxygen atoms in total. The van der Waals surface area contributed by atoms with Gasteiger partial charge in [0.1, 0.15) is 5.01 Å². The highest BCUT2D eigenvalue weighted by atomic mass is 32.1. The third-order valence-electron chi connectivity index (χ3n) is 7.72. The number of amides is 2. The molecule has 2 N–H and O–H groups in total. The van der Waals surface area contributed by atoms with Crippen LogP contribution in [0, 0.1) is 6.92 Å². The first-order valence-corrected chi connectivity index (χ1v) is 16.0. The maximum absolute atomic E-state index is 13.8. The van der Waals surface area contributed by atoms with Crippen molar-refractivity contribution in [2.75, 3.05) is 44.5 Å². The van der Waals surface area contributed by atoms with Crippen LogP contribution in [0.5, 0.6) is 0 Å². The Hall–Kier alpha value is -4.28. The first kappa shape index (κ1) is 33.6. The number of thiazole rings is 1. The number of carbonyl (C=O) groups is 2. The van der Waals surface area contributed by atoms with Gasteiger partial charge in [-0.1, -0.05) is 44.2 Å².